The van der Waals surface area contributed by atoms with Crippen molar-refractivity contribution in [2.24, 2.45) is 5.73 Å². The van der Waals surface area contributed by atoms with Gasteiger partial charge in [-0.05, 0) is 24.7 Å². The van der Waals surface area contributed by atoms with Gasteiger partial charge in [-0.2, -0.15) is 0 Å². The molecular weight excluding hydrogens is 217 g/mol. The predicted octanol–water partition coefficient (Wildman–Crippen LogP) is 2.13. The normalized spacial score (nSPS) is 11.4. The van der Waals surface area contributed by atoms with E-state index < -0.39 is 0 Å². The number of nitrogens with two attached hydrogens (primary N) is 1. The number of halogens is 1. The third-order valence-electron chi connectivity index (χ3n) is 2.85. The molecule has 0 atom stereocenters. The molecule has 2 aromatic heterocycles. The van der Waals surface area contributed by atoms with E-state index in [1.807, 2.05) is 24.4 Å². The second-order valence-electron chi connectivity index (χ2n) is 4.01. The number of fused-ring (bicyclic) bond motifs is 3. The number of aromatic nitrogens is 2. The van der Waals surface area contributed by atoms with Crippen LogP contribution in [0.15, 0.2) is 36.5 Å². The van der Waals surface area contributed by atoms with Gasteiger partial charge in [0.05, 0.1) is 11.2 Å². The molecule has 3 nitrogen and oxygen atoms in total. The van der Waals surface area contributed by atoms with Gasteiger partial charge in [0.25, 0.3) is 0 Å². The van der Waals surface area contributed by atoms with E-state index in [1.165, 1.54) is 6.07 Å². The van der Waals surface area contributed by atoms with Crippen molar-refractivity contribution in [1.82, 2.24) is 9.38 Å². The summed E-state index contributed by atoms with van der Waals surface area (Å²) in [6, 6.07) is 8.83. The predicted molar refractivity (Wildman–Crippen MR) is 65.4 cm³/mol. The molecule has 2 N–H and O–H groups in total. The van der Waals surface area contributed by atoms with E-state index in [0.29, 0.717) is 18.5 Å². The smallest absolute Gasteiger partial charge is 0.147 e. The first kappa shape index (κ1) is 10.2. The van der Waals surface area contributed by atoms with Crippen LogP contribution in [0, 0.1) is 5.82 Å². The van der Waals surface area contributed by atoms with Gasteiger partial charge in [0, 0.05) is 18.0 Å². The fourth-order valence-electron chi connectivity index (χ4n) is 2.10. The fraction of sp³-hybridized carbons (Fsp3) is 0.154. The van der Waals surface area contributed by atoms with Crippen LogP contribution >= 0.6 is 0 Å². The highest BCUT2D eigenvalue weighted by atomic mass is 19.1. The van der Waals surface area contributed by atoms with Crippen LogP contribution in [0.3, 0.4) is 0 Å². The molecule has 0 unspecified atom stereocenters. The van der Waals surface area contributed by atoms with Crippen molar-refractivity contribution in [3.63, 3.8) is 0 Å². The van der Waals surface area contributed by atoms with Crippen LogP contribution < -0.4 is 5.73 Å². The molecule has 0 fully saturated rings. The molecule has 0 aliphatic rings. The molecule has 17 heavy (non-hydrogen) atoms. The van der Waals surface area contributed by atoms with Crippen LogP contribution in [-0.2, 0) is 6.42 Å². The third-order valence-corrected chi connectivity index (χ3v) is 2.85. The summed E-state index contributed by atoms with van der Waals surface area (Å²) in [5.41, 5.74) is 7.72. The van der Waals surface area contributed by atoms with Crippen molar-refractivity contribution in [3.05, 3.63) is 48.0 Å². The molecule has 0 spiro atoms. The lowest BCUT2D eigenvalue weighted by Crippen LogP contribution is -2.02. The summed E-state index contributed by atoms with van der Waals surface area (Å²) in [5, 5.41) is 0.870. The van der Waals surface area contributed by atoms with Gasteiger partial charge in [0.2, 0.25) is 0 Å². The zero-order valence-corrected chi connectivity index (χ0v) is 9.23. The monoisotopic (exact) mass is 229 g/mol. The maximum Gasteiger partial charge on any atom is 0.147 e. The van der Waals surface area contributed by atoms with Crippen molar-refractivity contribution >= 4 is 16.6 Å². The van der Waals surface area contributed by atoms with Crippen molar-refractivity contribution < 1.29 is 4.39 Å². The Labute approximate surface area is 97.7 Å². The number of hydrogen-bond donors (Lipinski definition) is 1. The minimum Gasteiger partial charge on any atom is -0.330 e. The number of para-hydroxylation sites is 1. The Morgan fingerprint density at radius 3 is 2.94 bits per heavy atom. The van der Waals surface area contributed by atoms with Gasteiger partial charge in [0.1, 0.15) is 11.5 Å². The number of imidazole rings is 1. The molecule has 0 saturated heterocycles. The van der Waals surface area contributed by atoms with Gasteiger partial charge in [0.15, 0.2) is 0 Å². The van der Waals surface area contributed by atoms with Crippen molar-refractivity contribution in [2.45, 2.75) is 6.42 Å². The minimum atomic E-state index is -0.232. The van der Waals surface area contributed by atoms with Gasteiger partial charge in [-0.3, -0.25) is 4.40 Å². The van der Waals surface area contributed by atoms with E-state index >= 15 is 0 Å². The maximum absolute atomic E-state index is 13.8. The summed E-state index contributed by atoms with van der Waals surface area (Å²) in [6.45, 7) is 0.546. The van der Waals surface area contributed by atoms with E-state index in [2.05, 4.69) is 4.98 Å². The Kier molecular flexibility index (Phi) is 2.30. The van der Waals surface area contributed by atoms with Crippen molar-refractivity contribution in [1.29, 1.82) is 0 Å². The van der Waals surface area contributed by atoms with Gasteiger partial charge >= 0.3 is 0 Å². The second kappa shape index (κ2) is 3.82. The standard InChI is InChI=1S/C13H12FN3/c14-11-3-1-2-9-4-5-12-16-10(6-7-15)8-17(12)13(9)11/h1-5,8H,6-7,15H2. The molecule has 0 bridgehead atoms. The largest absolute Gasteiger partial charge is 0.330 e. The summed E-state index contributed by atoms with van der Waals surface area (Å²) in [4.78, 5) is 4.41. The van der Waals surface area contributed by atoms with Crippen LogP contribution in [0.4, 0.5) is 4.39 Å². The average molecular weight is 229 g/mol. The van der Waals surface area contributed by atoms with Crippen LogP contribution in [0.25, 0.3) is 16.6 Å². The molecule has 0 aliphatic carbocycles. The lowest BCUT2D eigenvalue weighted by molar-refractivity contribution is 0.635. The van der Waals surface area contributed by atoms with Gasteiger partial charge in [-0.1, -0.05) is 12.1 Å². The van der Waals surface area contributed by atoms with Crippen LogP contribution in [-0.4, -0.2) is 15.9 Å². The van der Waals surface area contributed by atoms with Crippen LogP contribution in [0.5, 0.6) is 0 Å². The molecular formula is C13H12FN3. The van der Waals surface area contributed by atoms with E-state index in [-0.39, 0.29) is 5.82 Å². The Bertz CT molecular complexity index is 688. The number of pyridine rings is 1. The lowest BCUT2D eigenvalue weighted by atomic mass is 10.2. The molecule has 0 saturated carbocycles. The van der Waals surface area contributed by atoms with Crippen LogP contribution in [0.1, 0.15) is 5.69 Å². The van der Waals surface area contributed by atoms with Crippen LogP contribution in [0.2, 0.25) is 0 Å². The molecule has 0 amide bonds. The molecule has 3 rings (SSSR count). The molecule has 0 aliphatic heterocycles. The average Bonchev–Trinajstić information content (AvgIpc) is 2.72. The number of hydrogen-bond acceptors (Lipinski definition) is 2. The van der Waals surface area contributed by atoms with E-state index in [9.17, 15) is 4.39 Å². The quantitative estimate of drug-likeness (QED) is 0.731. The highest BCUT2D eigenvalue weighted by molar-refractivity contribution is 5.82. The number of nitrogens with zero attached hydrogens (tertiary/aromatic N) is 2. The van der Waals surface area contributed by atoms with E-state index in [4.69, 9.17) is 5.73 Å². The van der Waals surface area contributed by atoms with Crippen molar-refractivity contribution in [2.75, 3.05) is 6.54 Å². The number of rotatable bonds is 2. The lowest BCUT2D eigenvalue weighted by Gasteiger charge is -2.02. The third kappa shape index (κ3) is 1.57. The van der Waals surface area contributed by atoms with Gasteiger partial charge < -0.3 is 5.73 Å². The summed E-state index contributed by atoms with van der Waals surface area (Å²) in [5.74, 6) is -0.232. The van der Waals surface area contributed by atoms with E-state index in [0.717, 1.165) is 16.7 Å². The number of benzene rings is 1. The minimum absolute atomic E-state index is 0.232. The molecule has 0 radical (unpaired) electrons. The first-order chi connectivity index (χ1) is 8.29. The molecule has 2 heterocycles. The van der Waals surface area contributed by atoms with Gasteiger partial charge in [-0.25, -0.2) is 9.37 Å². The Balaban J connectivity index is 2.37. The highest BCUT2D eigenvalue weighted by Gasteiger charge is 2.07. The summed E-state index contributed by atoms with van der Waals surface area (Å²) >= 11 is 0. The Morgan fingerprint density at radius 2 is 2.12 bits per heavy atom. The van der Waals surface area contributed by atoms with E-state index in [1.54, 1.807) is 10.5 Å². The highest BCUT2D eigenvalue weighted by Crippen LogP contribution is 2.20. The van der Waals surface area contributed by atoms with Crippen molar-refractivity contribution in [3.8, 4) is 0 Å². The topological polar surface area (TPSA) is 43.3 Å². The molecule has 86 valence electrons. The maximum atomic E-state index is 13.8. The molecule has 4 heteroatoms. The SMILES string of the molecule is NCCc1cn2c(ccc3cccc(F)c32)n1. The molecule has 3 aromatic rings. The fourth-order valence-corrected chi connectivity index (χ4v) is 2.10. The second-order valence-corrected chi connectivity index (χ2v) is 4.01. The summed E-state index contributed by atoms with van der Waals surface area (Å²) in [7, 11) is 0. The summed E-state index contributed by atoms with van der Waals surface area (Å²) in [6.07, 6.45) is 2.56. The zero-order valence-electron chi connectivity index (χ0n) is 9.23. The first-order valence-electron chi connectivity index (χ1n) is 5.55. The molecule has 1 aromatic carbocycles. The summed E-state index contributed by atoms with van der Waals surface area (Å²) < 4.78 is 15.6. The zero-order chi connectivity index (χ0) is 11.8. The van der Waals surface area contributed by atoms with Gasteiger partial charge in [-0.15, -0.1) is 0 Å². The Hall–Kier alpha value is -1.94. The first-order valence-corrected chi connectivity index (χ1v) is 5.55. The Morgan fingerprint density at radius 1 is 1.24 bits per heavy atom.